The molecule has 11 heteroatoms. The number of halogens is 2. The van der Waals surface area contributed by atoms with Crippen LogP contribution in [0, 0.1) is 0 Å². The largest absolute Gasteiger partial charge is 0.496 e. The van der Waals surface area contributed by atoms with Crippen LogP contribution in [0.3, 0.4) is 0 Å². The summed E-state index contributed by atoms with van der Waals surface area (Å²) in [6.07, 6.45) is -0.0489. The Labute approximate surface area is 267 Å². The Morgan fingerprint density at radius 3 is 2.18 bits per heavy atom. The Morgan fingerprint density at radius 2 is 1.58 bits per heavy atom. The van der Waals surface area contributed by atoms with Crippen molar-refractivity contribution in [3.05, 3.63) is 75.5 Å². The molecule has 2 heterocycles. The predicted octanol–water partition coefficient (Wildman–Crippen LogP) is 6.43. The highest BCUT2D eigenvalue weighted by Crippen LogP contribution is 2.44. The molecule has 6 rings (SSSR count). The molecule has 7 nitrogen and oxygen atoms in total. The van der Waals surface area contributed by atoms with Crippen LogP contribution in [0.4, 0.5) is 13.6 Å². The Morgan fingerprint density at radius 1 is 0.978 bits per heavy atom. The highest BCUT2D eigenvalue weighted by Gasteiger charge is 2.53. The number of aryl methyl sites for hydroxylation is 1. The van der Waals surface area contributed by atoms with Gasteiger partial charge >= 0.3 is 13.2 Å². The van der Waals surface area contributed by atoms with Crippen LogP contribution >= 0.6 is 11.3 Å². The smallest absolute Gasteiger partial charge is 0.449 e. The number of hydrogen-bond donors (Lipinski definition) is 2. The van der Waals surface area contributed by atoms with Gasteiger partial charge in [0.25, 0.3) is 11.8 Å². The van der Waals surface area contributed by atoms with Crippen LogP contribution in [0.1, 0.15) is 85.5 Å². The first-order valence-corrected chi connectivity index (χ1v) is 16.4. The van der Waals surface area contributed by atoms with E-state index in [0.29, 0.717) is 6.42 Å². The molecule has 2 aliphatic carbocycles. The van der Waals surface area contributed by atoms with E-state index in [2.05, 4.69) is 10.6 Å². The fraction of sp³-hybridized carbons (Fsp3) is 0.471. The van der Waals surface area contributed by atoms with Crippen molar-refractivity contribution >= 4 is 35.9 Å². The standard InChI is InChI=1S/C34H39BF2N2O5S/c1-6-27-25(35-43-32(2,3)33(4,5)44-35)18-28(45-27)30(40)39-29-26(16-11-17-34(29,36)37)38-31(41)42-19-24-22-14-9-7-12-20(22)21-13-8-10-15-23(21)24/h7-10,12-15,18,24,26,29H,6,11,16-17,19H2,1-5H3,(H,38,41)(H,39,40)/t26-,29+/m0/s1. The molecule has 0 radical (unpaired) electrons. The number of ether oxygens (including phenoxy) is 1. The van der Waals surface area contributed by atoms with Crippen molar-refractivity contribution in [3.63, 3.8) is 0 Å². The summed E-state index contributed by atoms with van der Waals surface area (Å²) in [6.45, 7) is 9.84. The average molecular weight is 637 g/mol. The molecule has 1 saturated heterocycles. The zero-order valence-electron chi connectivity index (χ0n) is 26.2. The number of benzene rings is 2. The molecule has 45 heavy (non-hydrogen) atoms. The maximum Gasteiger partial charge on any atom is 0.496 e. The molecule has 2 amide bonds. The Kier molecular flexibility index (Phi) is 8.33. The van der Waals surface area contributed by atoms with E-state index in [1.54, 1.807) is 6.07 Å². The maximum absolute atomic E-state index is 15.3. The molecule has 0 bridgehead atoms. The Balaban J connectivity index is 1.14. The van der Waals surface area contributed by atoms with Gasteiger partial charge < -0.3 is 24.7 Å². The van der Waals surface area contributed by atoms with Gasteiger partial charge in [-0.2, -0.15) is 0 Å². The number of fused-ring (bicyclic) bond motifs is 3. The monoisotopic (exact) mass is 636 g/mol. The molecular formula is C34H39BF2N2O5S. The third-order valence-electron chi connectivity index (χ3n) is 9.71. The molecule has 0 unspecified atom stereocenters. The van der Waals surface area contributed by atoms with Crippen LogP contribution in [-0.2, 0) is 20.5 Å². The summed E-state index contributed by atoms with van der Waals surface area (Å²) in [6, 6.07) is 15.0. The van der Waals surface area contributed by atoms with Crippen molar-refractivity contribution in [1.29, 1.82) is 0 Å². The second kappa shape index (κ2) is 11.8. The van der Waals surface area contributed by atoms with E-state index in [1.165, 1.54) is 11.3 Å². The first kappa shape index (κ1) is 31.7. The van der Waals surface area contributed by atoms with Crippen molar-refractivity contribution in [2.75, 3.05) is 6.61 Å². The van der Waals surface area contributed by atoms with Gasteiger partial charge in [0.15, 0.2) is 0 Å². The van der Waals surface area contributed by atoms with Gasteiger partial charge in [-0.15, -0.1) is 11.3 Å². The van der Waals surface area contributed by atoms with Crippen molar-refractivity contribution < 1.29 is 32.4 Å². The normalized spacial score (nSPS) is 22.9. The van der Waals surface area contributed by atoms with Gasteiger partial charge in [-0.3, -0.25) is 4.79 Å². The Hall–Kier alpha value is -3.28. The minimum Gasteiger partial charge on any atom is -0.449 e. The summed E-state index contributed by atoms with van der Waals surface area (Å²) in [5.41, 5.74) is 3.92. The van der Waals surface area contributed by atoms with Crippen LogP contribution in [0.15, 0.2) is 54.6 Å². The van der Waals surface area contributed by atoms with Crippen LogP contribution in [-0.4, -0.2) is 54.9 Å². The number of alkyl halides is 2. The van der Waals surface area contributed by atoms with Gasteiger partial charge in [0.2, 0.25) is 0 Å². The summed E-state index contributed by atoms with van der Waals surface area (Å²) in [4.78, 5) is 27.7. The molecule has 1 aliphatic heterocycles. The predicted molar refractivity (Wildman–Crippen MR) is 171 cm³/mol. The molecule has 2 aromatic carbocycles. The number of rotatable bonds is 7. The SMILES string of the molecule is CCc1sc(C(=O)N[C@@H]2[C@@H](NC(=O)OCC3c4ccccc4-c4ccccc43)CCCC2(F)F)cc1B1OC(C)(C)C(C)(C)O1. The van der Waals surface area contributed by atoms with E-state index < -0.39 is 48.3 Å². The number of thiophene rings is 1. The van der Waals surface area contributed by atoms with Crippen LogP contribution < -0.4 is 16.1 Å². The first-order valence-electron chi connectivity index (χ1n) is 15.6. The lowest BCUT2D eigenvalue weighted by Gasteiger charge is -2.38. The van der Waals surface area contributed by atoms with E-state index in [9.17, 15) is 9.59 Å². The topological polar surface area (TPSA) is 85.9 Å². The van der Waals surface area contributed by atoms with Gasteiger partial charge in [-0.05, 0) is 80.7 Å². The summed E-state index contributed by atoms with van der Waals surface area (Å²) >= 11 is 1.24. The van der Waals surface area contributed by atoms with Crippen molar-refractivity contribution in [2.24, 2.45) is 0 Å². The minimum atomic E-state index is -3.21. The second-order valence-electron chi connectivity index (χ2n) is 13.1. The lowest BCUT2D eigenvalue weighted by atomic mass is 9.78. The van der Waals surface area contributed by atoms with Crippen molar-refractivity contribution in [2.45, 2.75) is 95.4 Å². The molecule has 2 N–H and O–H groups in total. The minimum absolute atomic E-state index is 0.0662. The summed E-state index contributed by atoms with van der Waals surface area (Å²) in [5, 5.41) is 5.21. The summed E-state index contributed by atoms with van der Waals surface area (Å²) in [5.74, 6) is -3.99. The first-order chi connectivity index (χ1) is 21.3. The quantitative estimate of drug-likeness (QED) is 0.292. The lowest BCUT2D eigenvalue weighted by molar-refractivity contribution is -0.0715. The number of carbonyl (C=O) groups is 2. The number of alkyl carbamates (subject to hydrolysis) is 1. The average Bonchev–Trinajstić information content (AvgIpc) is 3.63. The maximum atomic E-state index is 15.3. The highest BCUT2D eigenvalue weighted by molar-refractivity contribution is 7.15. The second-order valence-corrected chi connectivity index (χ2v) is 14.2. The third kappa shape index (κ3) is 5.90. The lowest BCUT2D eigenvalue weighted by Crippen LogP contribution is -2.62. The molecule has 3 aromatic rings. The molecular weight excluding hydrogens is 597 g/mol. The molecule has 2 fully saturated rings. The van der Waals surface area contributed by atoms with Gasteiger partial charge in [0, 0.05) is 17.2 Å². The molecule has 1 aromatic heterocycles. The molecule has 238 valence electrons. The van der Waals surface area contributed by atoms with Gasteiger partial charge in [0.1, 0.15) is 12.6 Å². The number of carbonyl (C=O) groups excluding carboxylic acids is 2. The molecule has 2 atom stereocenters. The highest BCUT2D eigenvalue weighted by atomic mass is 32.1. The molecule has 0 spiro atoms. The van der Waals surface area contributed by atoms with E-state index in [4.69, 9.17) is 14.0 Å². The number of amides is 2. The summed E-state index contributed by atoms with van der Waals surface area (Å²) < 4.78 is 48.7. The van der Waals surface area contributed by atoms with E-state index in [1.807, 2.05) is 83.1 Å². The van der Waals surface area contributed by atoms with Crippen LogP contribution in [0.25, 0.3) is 11.1 Å². The van der Waals surface area contributed by atoms with Gasteiger partial charge in [-0.25, -0.2) is 13.6 Å². The molecule has 1 saturated carbocycles. The van der Waals surface area contributed by atoms with Crippen molar-refractivity contribution in [1.82, 2.24) is 10.6 Å². The summed E-state index contributed by atoms with van der Waals surface area (Å²) in [7, 11) is -0.665. The zero-order valence-corrected chi connectivity index (χ0v) is 27.1. The van der Waals surface area contributed by atoms with Gasteiger partial charge in [0.05, 0.1) is 22.1 Å². The van der Waals surface area contributed by atoms with E-state index >= 15 is 8.78 Å². The van der Waals surface area contributed by atoms with E-state index in [0.717, 1.165) is 32.6 Å². The van der Waals surface area contributed by atoms with Crippen LogP contribution in [0.5, 0.6) is 0 Å². The fourth-order valence-corrected chi connectivity index (χ4v) is 7.56. The van der Waals surface area contributed by atoms with Crippen molar-refractivity contribution in [3.8, 4) is 11.1 Å². The van der Waals surface area contributed by atoms with Crippen LogP contribution in [0.2, 0.25) is 0 Å². The molecule has 3 aliphatic rings. The van der Waals surface area contributed by atoms with E-state index in [-0.39, 0.29) is 36.7 Å². The zero-order chi connectivity index (χ0) is 32.1. The van der Waals surface area contributed by atoms with Gasteiger partial charge in [-0.1, -0.05) is 55.5 Å². The number of nitrogens with one attached hydrogen (secondary N) is 2. The Bertz CT molecular complexity index is 1550. The number of hydrogen-bond acceptors (Lipinski definition) is 6. The third-order valence-corrected chi connectivity index (χ3v) is 11.0. The fourth-order valence-electron chi connectivity index (χ4n) is 6.54.